The molecule has 0 atom stereocenters. The molecule has 3 N–H and O–H groups in total. The Morgan fingerprint density at radius 2 is 1.95 bits per heavy atom. The van der Waals surface area contributed by atoms with Crippen molar-refractivity contribution in [1.29, 1.82) is 0 Å². The smallest absolute Gasteiger partial charge is 0.251 e. The van der Waals surface area contributed by atoms with Gasteiger partial charge in [-0.1, -0.05) is 0 Å². The van der Waals surface area contributed by atoms with Crippen molar-refractivity contribution in [2.24, 2.45) is 0 Å². The van der Waals surface area contributed by atoms with Gasteiger partial charge in [0.1, 0.15) is 0 Å². The van der Waals surface area contributed by atoms with E-state index in [1.54, 1.807) is 23.5 Å². The molecule has 0 saturated heterocycles. The maximum Gasteiger partial charge on any atom is 0.251 e. The number of thiophene rings is 1. The molecule has 0 saturated carbocycles. The monoisotopic (exact) mass is 274 g/mol. The number of nitrogens with two attached hydrogens (primary N) is 1. The zero-order valence-electron chi connectivity index (χ0n) is 11.4. The van der Waals surface area contributed by atoms with E-state index in [0.29, 0.717) is 17.8 Å². The fraction of sp³-hybridized carbons (Fsp3) is 0.267. The van der Waals surface area contributed by atoms with Gasteiger partial charge in [0.05, 0.1) is 6.54 Å². The van der Waals surface area contributed by atoms with Crippen molar-refractivity contribution >= 4 is 22.9 Å². The standard InChI is InChI=1S/C15H18N2OS/c1-9-7-13(19-11(9)3)8-17-15(18)12-4-5-14(16)10(2)6-12/h4-7H,8,16H2,1-3H3,(H,17,18). The van der Waals surface area contributed by atoms with Gasteiger partial charge in [0.2, 0.25) is 0 Å². The van der Waals surface area contributed by atoms with Crippen LogP contribution in [0, 0.1) is 20.8 Å². The topological polar surface area (TPSA) is 55.1 Å². The number of rotatable bonds is 3. The minimum atomic E-state index is -0.0631. The lowest BCUT2D eigenvalue weighted by Crippen LogP contribution is -2.22. The number of carbonyl (C=O) groups is 1. The average molecular weight is 274 g/mol. The van der Waals surface area contributed by atoms with Gasteiger partial charge in [-0.05, 0) is 56.2 Å². The lowest BCUT2D eigenvalue weighted by molar-refractivity contribution is 0.0951. The quantitative estimate of drug-likeness (QED) is 0.845. The molecule has 0 unspecified atom stereocenters. The van der Waals surface area contributed by atoms with E-state index in [9.17, 15) is 4.79 Å². The molecule has 2 aromatic rings. The average Bonchev–Trinajstić information content (AvgIpc) is 2.69. The Labute approximate surface area is 117 Å². The molecule has 3 nitrogen and oxygen atoms in total. The molecular weight excluding hydrogens is 256 g/mol. The van der Waals surface area contributed by atoms with Crippen LogP contribution in [0.2, 0.25) is 0 Å². The largest absolute Gasteiger partial charge is 0.399 e. The normalized spacial score (nSPS) is 10.5. The number of nitrogen functional groups attached to an aromatic ring is 1. The van der Waals surface area contributed by atoms with Crippen molar-refractivity contribution in [3.05, 3.63) is 50.7 Å². The zero-order valence-corrected chi connectivity index (χ0v) is 12.2. The molecule has 1 aromatic carbocycles. The van der Waals surface area contributed by atoms with Gasteiger partial charge in [-0.15, -0.1) is 11.3 Å². The highest BCUT2D eigenvalue weighted by atomic mass is 32.1. The summed E-state index contributed by atoms with van der Waals surface area (Å²) in [6.45, 7) is 6.65. The van der Waals surface area contributed by atoms with Crippen molar-refractivity contribution < 1.29 is 4.79 Å². The van der Waals surface area contributed by atoms with Gasteiger partial charge in [0, 0.05) is 21.0 Å². The van der Waals surface area contributed by atoms with Crippen molar-refractivity contribution in [1.82, 2.24) is 5.32 Å². The highest BCUT2D eigenvalue weighted by Crippen LogP contribution is 2.20. The van der Waals surface area contributed by atoms with E-state index in [2.05, 4.69) is 25.2 Å². The number of carbonyl (C=O) groups excluding carboxylic acids is 1. The minimum Gasteiger partial charge on any atom is -0.399 e. The third-order valence-electron chi connectivity index (χ3n) is 3.17. The first kappa shape index (κ1) is 13.6. The first-order valence-corrected chi connectivity index (χ1v) is 6.99. The van der Waals surface area contributed by atoms with Crippen molar-refractivity contribution in [2.45, 2.75) is 27.3 Å². The molecule has 0 aliphatic rings. The molecule has 100 valence electrons. The molecule has 19 heavy (non-hydrogen) atoms. The summed E-state index contributed by atoms with van der Waals surface area (Å²) in [6.07, 6.45) is 0. The van der Waals surface area contributed by atoms with E-state index in [0.717, 1.165) is 5.56 Å². The van der Waals surface area contributed by atoms with Gasteiger partial charge < -0.3 is 11.1 Å². The van der Waals surface area contributed by atoms with Crippen LogP contribution in [-0.2, 0) is 6.54 Å². The van der Waals surface area contributed by atoms with Crippen molar-refractivity contribution in [3.8, 4) is 0 Å². The molecule has 0 bridgehead atoms. The number of hydrogen-bond donors (Lipinski definition) is 2. The molecular formula is C15H18N2OS. The first-order valence-electron chi connectivity index (χ1n) is 6.17. The zero-order chi connectivity index (χ0) is 14.0. The number of benzene rings is 1. The second kappa shape index (κ2) is 5.45. The van der Waals surface area contributed by atoms with E-state index in [1.165, 1.54) is 15.3 Å². The minimum absolute atomic E-state index is 0.0631. The Morgan fingerprint density at radius 3 is 2.53 bits per heavy atom. The van der Waals surface area contributed by atoms with Gasteiger partial charge in [0.15, 0.2) is 0 Å². The molecule has 4 heteroatoms. The van der Waals surface area contributed by atoms with E-state index in [4.69, 9.17) is 5.73 Å². The van der Waals surface area contributed by atoms with Crippen LogP contribution >= 0.6 is 11.3 Å². The van der Waals surface area contributed by atoms with E-state index < -0.39 is 0 Å². The number of nitrogens with one attached hydrogen (secondary N) is 1. The van der Waals surface area contributed by atoms with Crippen LogP contribution in [-0.4, -0.2) is 5.91 Å². The Balaban J connectivity index is 2.03. The Morgan fingerprint density at radius 1 is 1.21 bits per heavy atom. The van der Waals surface area contributed by atoms with Crippen LogP contribution in [0.25, 0.3) is 0 Å². The van der Waals surface area contributed by atoms with Gasteiger partial charge in [-0.25, -0.2) is 0 Å². The highest BCUT2D eigenvalue weighted by molar-refractivity contribution is 7.12. The Bertz CT molecular complexity index is 597. The fourth-order valence-corrected chi connectivity index (χ4v) is 2.82. The van der Waals surface area contributed by atoms with E-state index >= 15 is 0 Å². The van der Waals surface area contributed by atoms with Crippen LogP contribution < -0.4 is 11.1 Å². The van der Waals surface area contributed by atoms with Gasteiger partial charge in [-0.2, -0.15) is 0 Å². The summed E-state index contributed by atoms with van der Waals surface area (Å²) < 4.78 is 0. The highest BCUT2D eigenvalue weighted by Gasteiger charge is 2.08. The van der Waals surface area contributed by atoms with Crippen LogP contribution in [0.4, 0.5) is 5.69 Å². The molecule has 1 amide bonds. The van der Waals surface area contributed by atoms with E-state index in [-0.39, 0.29) is 5.91 Å². The molecule has 2 rings (SSSR count). The second-order valence-corrected chi connectivity index (χ2v) is 6.05. The van der Waals surface area contributed by atoms with Gasteiger partial charge in [-0.3, -0.25) is 4.79 Å². The summed E-state index contributed by atoms with van der Waals surface area (Å²) in [5.74, 6) is -0.0631. The number of hydrogen-bond acceptors (Lipinski definition) is 3. The summed E-state index contributed by atoms with van der Waals surface area (Å²) in [6, 6.07) is 7.45. The number of amides is 1. The maximum absolute atomic E-state index is 12.0. The third kappa shape index (κ3) is 3.15. The predicted molar refractivity (Wildman–Crippen MR) is 80.6 cm³/mol. The first-order chi connectivity index (χ1) is 8.97. The lowest BCUT2D eigenvalue weighted by atomic mass is 10.1. The van der Waals surface area contributed by atoms with Gasteiger partial charge in [0.25, 0.3) is 5.91 Å². The van der Waals surface area contributed by atoms with Crippen molar-refractivity contribution in [3.63, 3.8) is 0 Å². The molecule has 1 aromatic heterocycles. The molecule has 0 spiro atoms. The van der Waals surface area contributed by atoms with Crippen LogP contribution in [0.15, 0.2) is 24.3 Å². The lowest BCUT2D eigenvalue weighted by Gasteiger charge is -2.06. The summed E-state index contributed by atoms with van der Waals surface area (Å²) in [4.78, 5) is 14.5. The molecule has 0 aliphatic carbocycles. The van der Waals surface area contributed by atoms with Crippen LogP contribution in [0.3, 0.4) is 0 Å². The maximum atomic E-state index is 12.0. The molecule has 0 fully saturated rings. The SMILES string of the molecule is Cc1cc(C(=O)NCc2cc(C)c(C)s2)ccc1N. The third-order valence-corrected chi connectivity index (χ3v) is 4.32. The molecule has 1 heterocycles. The van der Waals surface area contributed by atoms with E-state index in [1.807, 2.05) is 13.0 Å². The van der Waals surface area contributed by atoms with Crippen LogP contribution in [0.5, 0.6) is 0 Å². The molecule has 0 radical (unpaired) electrons. The predicted octanol–water partition coefficient (Wildman–Crippen LogP) is 3.19. The number of aryl methyl sites for hydroxylation is 3. The number of anilines is 1. The molecule has 0 aliphatic heterocycles. The van der Waals surface area contributed by atoms with Crippen LogP contribution in [0.1, 0.15) is 31.2 Å². The summed E-state index contributed by atoms with van der Waals surface area (Å²) >= 11 is 1.72. The van der Waals surface area contributed by atoms with Crippen molar-refractivity contribution in [2.75, 3.05) is 5.73 Å². The fourth-order valence-electron chi connectivity index (χ4n) is 1.82. The Kier molecular flexibility index (Phi) is 3.90. The second-order valence-electron chi connectivity index (χ2n) is 4.71. The summed E-state index contributed by atoms with van der Waals surface area (Å²) in [5.41, 5.74) is 9.30. The summed E-state index contributed by atoms with van der Waals surface area (Å²) in [7, 11) is 0. The Hall–Kier alpha value is -1.81. The van der Waals surface area contributed by atoms with Gasteiger partial charge >= 0.3 is 0 Å². The summed E-state index contributed by atoms with van der Waals surface area (Å²) in [5, 5.41) is 2.93.